The summed E-state index contributed by atoms with van der Waals surface area (Å²) < 4.78 is 0. The van der Waals surface area contributed by atoms with Crippen molar-refractivity contribution < 1.29 is 9.59 Å². The van der Waals surface area contributed by atoms with Crippen molar-refractivity contribution in [3.8, 4) is 0 Å². The lowest BCUT2D eigenvalue weighted by Gasteiger charge is -2.32. The van der Waals surface area contributed by atoms with Crippen LogP contribution in [0, 0.1) is 0 Å². The van der Waals surface area contributed by atoms with Gasteiger partial charge in [-0.1, -0.05) is 37.5 Å². The second-order valence-corrected chi connectivity index (χ2v) is 10.2. The molecule has 0 saturated heterocycles. The molecule has 0 aliphatic heterocycles. The van der Waals surface area contributed by atoms with Crippen molar-refractivity contribution in [3.05, 3.63) is 67.2 Å². The smallest absolute Gasteiger partial charge is 0.265 e. The van der Waals surface area contributed by atoms with Gasteiger partial charge >= 0.3 is 0 Å². The van der Waals surface area contributed by atoms with Gasteiger partial charge in [0.05, 0.1) is 11.4 Å². The van der Waals surface area contributed by atoms with Crippen LogP contribution >= 0.6 is 34.0 Å². The fourth-order valence-corrected chi connectivity index (χ4v) is 6.01. The first-order chi connectivity index (χ1) is 14.2. The molecule has 4 nitrogen and oxygen atoms in total. The highest BCUT2D eigenvalue weighted by Crippen LogP contribution is 2.31. The highest BCUT2D eigenvalue weighted by atomic mass is 32.1. The molecule has 1 saturated carbocycles. The summed E-state index contributed by atoms with van der Waals surface area (Å²) in [4.78, 5) is 31.3. The number of nitrogens with one attached hydrogen (secondary N) is 1. The van der Waals surface area contributed by atoms with E-state index in [1.54, 1.807) is 16.2 Å². The zero-order chi connectivity index (χ0) is 20.1. The van der Waals surface area contributed by atoms with Crippen molar-refractivity contribution in [2.24, 2.45) is 0 Å². The molecular weight excluding hydrogens is 420 g/mol. The maximum absolute atomic E-state index is 13.5. The summed E-state index contributed by atoms with van der Waals surface area (Å²) in [6.07, 6.45) is 5.59. The molecule has 3 aromatic heterocycles. The Morgan fingerprint density at radius 1 is 0.966 bits per heavy atom. The Bertz CT molecular complexity index is 898. The standard InChI is InChI=1S/C22H24N2O2S3/c25-21(23-16-7-2-1-3-8-16)20(18-10-5-13-28-18)24(15-17-9-4-12-27-17)22(26)19-11-6-14-29-19/h4-6,9-14,16,20H,1-3,7-8,15H2,(H,23,25)/t20-/m0/s1. The minimum Gasteiger partial charge on any atom is -0.351 e. The van der Waals surface area contributed by atoms with Crippen molar-refractivity contribution in [1.82, 2.24) is 10.2 Å². The molecule has 0 unspecified atom stereocenters. The summed E-state index contributed by atoms with van der Waals surface area (Å²) in [6.45, 7) is 0.426. The first kappa shape index (κ1) is 20.3. The zero-order valence-corrected chi connectivity index (χ0v) is 18.5. The first-order valence-corrected chi connectivity index (χ1v) is 12.6. The molecule has 0 spiro atoms. The highest BCUT2D eigenvalue weighted by molar-refractivity contribution is 7.12. The van der Waals surface area contributed by atoms with Gasteiger partial charge in [-0.3, -0.25) is 9.59 Å². The number of amides is 2. The first-order valence-electron chi connectivity index (χ1n) is 9.93. The van der Waals surface area contributed by atoms with Gasteiger partial charge in [0.25, 0.3) is 5.91 Å². The summed E-state index contributed by atoms with van der Waals surface area (Å²) in [6, 6.07) is 11.2. The van der Waals surface area contributed by atoms with Crippen molar-refractivity contribution in [1.29, 1.82) is 0 Å². The topological polar surface area (TPSA) is 49.4 Å². The van der Waals surface area contributed by atoms with Crippen LogP contribution in [-0.2, 0) is 11.3 Å². The van der Waals surface area contributed by atoms with Crippen LogP contribution in [0.5, 0.6) is 0 Å². The van der Waals surface area contributed by atoms with Crippen LogP contribution in [0.25, 0.3) is 0 Å². The molecule has 0 aromatic carbocycles. The molecule has 3 heterocycles. The van der Waals surface area contributed by atoms with Crippen molar-refractivity contribution >= 4 is 45.8 Å². The molecular formula is C22H24N2O2S3. The van der Waals surface area contributed by atoms with Crippen LogP contribution in [0.15, 0.2) is 52.5 Å². The second kappa shape index (κ2) is 9.69. The number of hydrogen-bond acceptors (Lipinski definition) is 5. The monoisotopic (exact) mass is 444 g/mol. The van der Waals surface area contributed by atoms with Crippen LogP contribution in [-0.4, -0.2) is 22.8 Å². The molecule has 1 aliphatic rings. The van der Waals surface area contributed by atoms with Crippen molar-refractivity contribution in [3.63, 3.8) is 0 Å². The van der Waals surface area contributed by atoms with Crippen LogP contribution in [0.1, 0.15) is 57.6 Å². The summed E-state index contributed by atoms with van der Waals surface area (Å²) in [5.41, 5.74) is 0. The molecule has 152 valence electrons. The minimum absolute atomic E-state index is 0.0687. The molecule has 3 aromatic rings. The molecule has 29 heavy (non-hydrogen) atoms. The molecule has 4 rings (SSSR count). The normalized spacial score (nSPS) is 15.7. The Hall–Kier alpha value is -1.96. The second-order valence-electron chi connectivity index (χ2n) is 7.25. The molecule has 0 bridgehead atoms. The summed E-state index contributed by atoms with van der Waals surface area (Å²) in [7, 11) is 0. The third kappa shape index (κ3) is 4.97. The molecule has 1 N–H and O–H groups in total. The van der Waals surface area contributed by atoms with E-state index in [4.69, 9.17) is 0 Å². The van der Waals surface area contributed by atoms with Gasteiger partial charge in [0.15, 0.2) is 0 Å². The molecule has 1 fully saturated rings. The largest absolute Gasteiger partial charge is 0.351 e. The lowest BCUT2D eigenvalue weighted by Crippen LogP contribution is -2.46. The van der Waals surface area contributed by atoms with E-state index < -0.39 is 6.04 Å². The SMILES string of the molecule is O=C(NC1CCCCC1)[C@H](c1cccs1)N(Cc1cccs1)C(=O)c1cccs1. The van der Waals surface area contributed by atoms with Gasteiger partial charge in [-0.05, 0) is 47.2 Å². The quantitative estimate of drug-likeness (QED) is 0.508. The minimum atomic E-state index is -0.617. The Morgan fingerprint density at radius 3 is 2.34 bits per heavy atom. The lowest BCUT2D eigenvalue weighted by molar-refractivity contribution is -0.127. The number of thiophene rings is 3. The molecule has 7 heteroatoms. The third-order valence-corrected chi connectivity index (χ3v) is 7.87. The number of carbonyl (C=O) groups excluding carboxylic acids is 2. The van der Waals surface area contributed by atoms with Crippen molar-refractivity contribution in [2.75, 3.05) is 0 Å². The molecule has 0 radical (unpaired) electrons. The van der Waals surface area contributed by atoms with Gasteiger partial charge in [-0.25, -0.2) is 0 Å². The lowest BCUT2D eigenvalue weighted by atomic mass is 9.95. The number of nitrogens with zero attached hydrogens (tertiary/aromatic N) is 1. The molecule has 1 aliphatic carbocycles. The van der Waals surface area contributed by atoms with Crippen LogP contribution < -0.4 is 5.32 Å². The van der Waals surface area contributed by atoms with Gasteiger partial charge in [-0.2, -0.15) is 0 Å². The summed E-state index contributed by atoms with van der Waals surface area (Å²) in [5, 5.41) is 9.12. The van der Waals surface area contributed by atoms with Gasteiger partial charge in [-0.15, -0.1) is 34.0 Å². The van der Waals surface area contributed by atoms with Gasteiger partial charge in [0.1, 0.15) is 6.04 Å². The Morgan fingerprint density at radius 2 is 1.69 bits per heavy atom. The van der Waals surface area contributed by atoms with Gasteiger partial charge < -0.3 is 10.2 Å². The van der Waals surface area contributed by atoms with E-state index in [1.807, 2.05) is 52.5 Å². The van der Waals surface area contributed by atoms with Crippen LogP contribution in [0.4, 0.5) is 0 Å². The van der Waals surface area contributed by atoms with E-state index >= 15 is 0 Å². The number of hydrogen-bond donors (Lipinski definition) is 1. The maximum atomic E-state index is 13.5. The fraction of sp³-hybridized carbons (Fsp3) is 0.364. The van der Waals surface area contributed by atoms with E-state index in [9.17, 15) is 9.59 Å². The average molecular weight is 445 g/mol. The average Bonchev–Trinajstić information content (AvgIpc) is 3.51. The third-order valence-electron chi connectivity index (χ3n) is 5.22. The fourth-order valence-electron chi connectivity index (χ4n) is 3.79. The van der Waals surface area contributed by atoms with Gasteiger partial charge in [0, 0.05) is 15.8 Å². The predicted octanol–water partition coefficient (Wildman–Crippen LogP) is 5.70. The molecule has 2 amide bonds. The number of carbonyl (C=O) groups is 2. The zero-order valence-electron chi connectivity index (χ0n) is 16.1. The summed E-state index contributed by atoms with van der Waals surface area (Å²) >= 11 is 4.56. The van der Waals surface area contributed by atoms with E-state index in [0.717, 1.165) is 35.4 Å². The highest BCUT2D eigenvalue weighted by Gasteiger charge is 2.34. The maximum Gasteiger partial charge on any atom is 0.265 e. The Labute approximate surface area is 183 Å². The van der Waals surface area contributed by atoms with Crippen LogP contribution in [0.2, 0.25) is 0 Å². The van der Waals surface area contributed by atoms with E-state index in [1.165, 1.54) is 29.1 Å². The van der Waals surface area contributed by atoms with Crippen LogP contribution in [0.3, 0.4) is 0 Å². The Balaban J connectivity index is 1.65. The van der Waals surface area contributed by atoms with E-state index in [-0.39, 0.29) is 17.9 Å². The van der Waals surface area contributed by atoms with E-state index in [0.29, 0.717) is 11.4 Å². The predicted molar refractivity (Wildman–Crippen MR) is 121 cm³/mol. The van der Waals surface area contributed by atoms with Crippen molar-refractivity contribution in [2.45, 2.75) is 50.7 Å². The Kier molecular flexibility index (Phi) is 6.79. The number of rotatable bonds is 7. The summed E-state index contributed by atoms with van der Waals surface area (Å²) in [5.74, 6) is -0.161. The molecule has 1 atom stereocenters. The van der Waals surface area contributed by atoms with E-state index in [2.05, 4.69) is 5.32 Å². The van der Waals surface area contributed by atoms with Gasteiger partial charge in [0.2, 0.25) is 5.91 Å².